The molecule has 0 aromatic heterocycles. The third-order valence-electron chi connectivity index (χ3n) is 4.42. The second-order valence-corrected chi connectivity index (χ2v) is 5.05. The maximum atomic E-state index is 10.1. The number of hydrogen-bond donors (Lipinski definition) is 2. The van der Waals surface area contributed by atoms with E-state index in [0.29, 0.717) is 18.4 Å². The van der Waals surface area contributed by atoms with E-state index >= 15 is 0 Å². The number of aliphatic hydroxyl groups excluding tert-OH is 1. The first-order chi connectivity index (χ1) is 5.51. The van der Waals surface area contributed by atoms with E-state index in [0.717, 1.165) is 19.3 Å². The lowest BCUT2D eigenvalue weighted by Gasteiger charge is -2.65. The van der Waals surface area contributed by atoms with Crippen LogP contribution in [0.25, 0.3) is 0 Å². The van der Waals surface area contributed by atoms with Crippen LogP contribution in [-0.2, 0) is 0 Å². The zero-order valence-electron chi connectivity index (χ0n) is 7.88. The predicted octanol–water partition coefficient (Wildman–Crippen LogP) is 1.17. The average molecular weight is 170 g/mol. The van der Waals surface area contributed by atoms with E-state index in [1.165, 1.54) is 0 Å². The summed E-state index contributed by atoms with van der Waals surface area (Å²) in [7, 11) is 0. The Morgan fingerprint density at radius 1 is 1.42 bits per heavy atom. The van der Waals surface area contributed by atoms with Gasteiger partial charge in [0.2, 0.25) is 0 Å². The molecule has 70 valence electrons. The zero-order valence-corrected chi connectivity index (χ0v) is 7.88. The molecular formula is C10H18O2. The summed E-state index contributed by atoms with van der Waals surface area (Å²) in [5, 5.41) is 19.2. The standard InChI is InChI=1S/C10H18O2/c1-9(2)8-5-10(9,12)4-3-7(8)6-11/h7-8,11-12H,3-6H2,1-2H3/t7-,8-,10+/m0/s1. The number of hydrogen-bond acceptors (Lipinski definition) is 2. The molecular weight excluding hydrogens is 152 g/mol. The number of aliphatic hydroxyl groups is 2. The van der Waals surface area contributed by atoms with Gasteiger partial charge in [0.25, 0.3) is 0 Å². The monoisotopic (exact) mass is 170 g/mol. The molecule has 3 rings (SSSR count). The van der Waals surface area contributed by atoms with Gasteiger partial charge in [-0.1, -0.05) is 13.8 Å². The van der Waals surface area contributed by atoms with E-state index in [4.69, 9.17) is 5.11 Å². The zero-order chi connectivity index (χ0) is 8.98. The first kappa shape index (κ1) is 8.52. The van der Waals surface area contributed by atoms with Crippen LogP contribution in [0.1, 0.15) is 33.1 Å². The van der Waals surface area contributed by atoms with Crippen LogP contribution in [0.4, 0.5) is 0 Å². The fourth-order valence-corrected chi connectivity index (χ4v) is 3.12. The van der Waals surface area contributed by atoms with Gasteiger partial charge >= 0.3 is 0 Å². The van der Waals surface area contributed by atoms with Crippen LogP contribution < -0.4 is 0 Å². The summed E-state index contributed by atoms with van der Waals surface area (Å²) in [6.07, 6.45) is 2.79. The van der Waals surface area contributed by atoms with Crippen molar-refractivity contribution in [2.75, 3.05) is 6.61 Å². The lowest BCUT2D eigenvalue weighted by molar-refractivity contribution is -0.247. The van der Waals surface area contributed by atoms with Gasteiger partial charge in [0.05, 0.1) is 5.60 Å². The van der Waals surface area contributed by atoms with Crippen molar-refractivity contribution in [1.29, 1.82) is 0 Å². The third kappa shape index (κ3) is 0.775. The molecule has 12 heavy (non-hydrogen) atoms. The molecule has 2 nitrogen and oxygen atoms in total. The van der Waals surface area contributed by atoms with E-state index in [9.17, 15) is 5.11 Å². The quantitative estimate of drug-likeness (QED) is 0.620. The Balaban J connectivity index is 2.18. The minimum Gasteiger partial charge on any atom is -0.396 e. The fraction of sp³-hybridized carbons (Fsp3) is 1.00. The number of fused-ring (bicyclic) bond motifs is 2. The first-order valence-electron chi connectivity index (χ1n) is 4.84. The molecule has 3 atom stereocenters. The molecule has 3 aliphatic carbocycles. The highest BCUT2D eigenvalue weighted by Gasteiger charge is 2.63. The van der Waals surface area contributed by atoms with E-state index in [1.807, 2.05) is 0 Å². The van der Waals surface area contributed by atoms with Crippen LogP contribution in [0.5, 0.6) is 0 Å². The molecule has 0 aliphatic heterocycles. The van der Waals surface area contributed by atoms with Crippen LogP contribution in [0.2, 0.25) is 0 Å². The van der Waals surface area contributed by atoms with Gasteiger partial charge in [-0.15, -0.1) is 0 Å². The molecule has 2 heteroatoms. The molecule has 2 bridgehead atoms. The van der Waals surface area contributed by atoms with Gasteiger partial charge in [0.15, 0.2) is 0 Å². The van der Waals surface area contributed by atoms with Crippen molar-refractivity contribution in [3.8, 4) is 0 Å². The summed E-state index contributed by atoms with van der Waals surface area (Å²) in [6.45, 7) is 4.55. The molecule has 2 N–H and O–H groups in total. The highest BCUT2D eigenvalue weighted by molar-refractivity contribution is 5.13. The Morgan fingerprint density at radius 3 is 2.50 bits per heavy atom. The summed E-state index contributed by atoms with van der Waals surface area (Å²) in [5.41, 5.74) is -0.373. The summed E-state index contributed by atoms with van der Waals surface area (Å²) < 4.78 is 0. The van der Waals surface area contributed by atoms with Crippen molar-refractivity contribution in [2.45, 2.75) is 38.7 Å². The lowest BCUT2D eigenvalue weighted by atomic mass is 9.43. The van der Waals surface area contributed by atoms with Crippen molar-refractivity contribution in [1.82, 2.24) is 0 Å². The van der Waals surface area contributed by atoms with Crippen LogP contribution in [0, 0.1) is 17.3 Å². The van der Waals surface area contributed by atoms with Crippen molar-refractivity contribution in [3.63, 3.8) is 0 Å². The molecule has 0 heterocycles. The summed E-state index contributed by atoms with van der Waals surface area (Å²) in [4.78, 5) is 0. The van der Waals surface area contributed by atoms with Crippen LogP contribution in [-0.4, -0.2) is 22.4 Å². The van der Waals surface area contributed by atoms with E-state index < -0.39 is 5.60 Å². The van der Waals surface area contributed by atoms with Crippen LogP contribution in [0.3, 0.4) is 0 Å². The minimum absolute atomic E-state index is 0.0403. The van der Waals surface area contributed by atoms with Crippen LogP contribution in [0.15, 0.2) is 0 Å². The molecule has 3 saturated carbocycles. The van der Waals surface area contributed by atoms with Gasteiger partial charge in [-0.3, -0.25) is 0 Å². The highest BCUT2D eigenvalue weighted by atomic mass is 16.3. The maximum Gasteiger partial charge on any atom is 0.0704 e. The Hall–Kier alpha value is -0.0800. The fourth-order valence-electron chi connectivity index (χ4n) is 3.12. The maximum absolute atomic E-state index is 10.1. The molecule has 0 radical (unpaired) electrons. The van der Waals surface area contributed by atoms with Crippen molar-refractivity contribution < 1.29 is 10.2 Å². The molecule has 0 saturated heterocycles. The van der Waals surface area contributed by atoms with E-state index in [-0.39, 0.29) is 5.41 Å². The van der Waals surface area contributed by atoms with Crippen molar-refractivity contribution in [2.24, 2.45) is 17.3 Å². The van der Waals surface area contributed by atoms with Crippen LogP contribution >= 0.6 is 0 Å². The lowest BCUT2D eigenvalue weighted by Crippen LogP contribution is -2.66. The number of rotatable bonds is 1. The normalized spacial score (nSPS) is 50.0. The average Bonchev–Trinajstić information content (AvgIpc) is 2.04. The topological polar surface area (TPSA) is 40.5 Å². The Morgan fingerprint density at radius 2 is 2.08 bits per heavy atom. The SMILES string of the molecule is CC1(C)[C@H]2C[C@]1(O)CC[C@H]2CO. The summed E-state index contributed by atoms with van der Waals surface area (Å²) >= 11 is 0. The van der Waals surface area contributed by atoms with Crippen molar-refractivity contribution in [3.05, 3.63) is 0 Å². The second-order valence-electron chi connectivity index (χ2n) is 5.05. The molecule has 0 aromatic rings. The van der Waals surface area contributed by atoms with Crippen molar-refractivity contribution >= 4 is 0 Å². The minimum atomic E-state index is -0.413. The van der Waals surface area contributed by atoms with E-state index in [2.05, 4.69) is 13.8 Å². The largest absolute Gasteiger partial charge is 0.396 e. The Bertz CT molecular complexity index is 196. The summed E-state index contributed by atoms with van der Waals surface area (Å²) in [6, 6.07) is 0. The molecule has 0 unspecified atom stereocenters. The Labute approximate surface area is 73.6 Å². The highest BCUT2D eigenvalue weighted by Crippen LogP contribution is 2.63. The van der Waals surface area contributed by atoms with Gasteiger partial charge in [-0.05, 0) is 36.5 Å². The van der Waals surface area contributed by atoms with Gasteiger partial charge in [-0.25, -0.2) is 0 Å². The van der Waals surface area contributed by atoms with Gasteiger partial charge in [0.1, 0.15) is 0 Å². The second kappa shape index (κ2) is 2.24. The van der Waals surface area contributed by atoms with Gasteiger partial charge < -0.3 is 10.2 Å². The smallest absolute Gasteiger partial charge is 0.0704 e. The third-order valence-corrected chi connectivity index (χ3v) is 4.42. The molecule has 0 amide bonds. The van der Waals surface area contributed by atoms with Gasteiger partial charge in [0, 0.05) is 6.61 Å². The molecule has 0 spiro atoms. The predicted molar refractivity (Wildman–Crippen MR) is 46.6 cm³/mol. The first-order valence-corrected chi connectivity index (χ1v) is 4.84. The van der Waals surface area contributed by atoms with E-state index in [1.54, 1.807) is 0 Å². The molecule has 3 fully saturated rings. The molecule has 0 aromatic carbocycles. The summed E-state index contributed by atoms with van der Waals surface area (Å²) in [5.74, 6) is 0.982. The molecule has 3 aliphatic rings. The Kier molecular flexibility index (Phi) is 1.59. The van der Waals surface area contributed by atoms with Gasteiger partial charge in [-0.2, -0.15) is 0 Å².